The predicted molar refractivity (Wildman–Crippen MR) is 109 cm³/mol. The number of nitrogens with zero attached hydrogens (tertiary/aromatic N) is 1. The smallest absolute Gasteiger partial charge is 0.337 e. The number of rotatable bonds is 7. The van der Waals surface area contributed by atoms with E-state index in [2.05, 4.69) is 14.8 Å². The zero-order chi connectivity index (χ0) is 22.5. The van der Waals surface area contributed by atoms with Crippen molar-refractivity contribution in [3.05, 3.63) is 58.6 Å². The molecule has 160 valence electrons. The first-order valence-electron chi connectivity index (χ1n) is 8.42. The number of methoxy groups -OCH3 is 2. The molecular formula is C19H19ClN2O7S. The Morgan fingerprint density at radius 1 is 0.967 bits per heavy atom. The van der Waals surface area contributed by atoms with Crippen molar-refractivity contribution in [2.75, 3.05) is 33.1 Å². The van der Waals surface area contributed by atoms with Crippen LogP contribution in [-0.2, 0) is 24.3 Å². The molecule has 0 unspecified atom stereocenters. The Morgan fingerprint density at radius 2 is 1.47 bits per heavy atom. The van der Waals surface area contributed by atoms with Gasteiger partial charge in [-0.25, -0.2) is 18.0 Å². The summed E-state index contributed by atoms with van der Waals surface area (Å²) in [6.07, 6.45) is 0. The summed E-state index contributed by atoms with van der Waals surface area (Å²) in [7, 11) is -0.347. The van der Waals surface area contributed by atoms with Gasteiger partial charge in [-0.15, -0.1) is 0 Å². The van der Waals surface area contributed by atoms with Crippen LogP contribution in [0.2, 0.25) is 5.02 Å². The molecular weight excluding hydrogens is 436 g/mol. The van der Waals surface area contributed by atoms with Crippen LogP contribution in [0.15, 0.2) is 47.4 Å². The highest BCUT2D eigenvalue weighted by atomic mass is 35.5. The van der Waals surface area contributed by atoms with E-state index in [-0.39, 0.29) is 21.7 Å². The number of hydrogen-bond acceptors (Lipinski definition) is 7. The Bertz CT molecular complexity index is 1030. The molecule has 11 heteroatoms. The molecule has 1 N–H and O–H groups in total. The molecule has 2 rings (SSSR count). The number of benzene rings is 2. The Morgan fingerprint density at radius 3 is 1.93 bits per heavy atom. The summed E-state index contributed by atoms with van der Waals surface area (Å²) in [6, 6.07) is 9.35. The molecule has 2 aromatic carbocycles. The number of nitrogens with one attached hydrogen (secondary N) is 1. The molecule has 0 atom stereocenters. The minimum Gasteiger partial charge on any atom is -0.465 e. The van der Waals surface area contributed by atoms with E-state index < -0.39 is 34.4 Å². The minimum atomic E-state index is -3.93. The number of anilines is 1. The van der Waals surface area contributed by atoms with Crippen molar-refractivity contribution < 1.29 is 32.3 Å². The molecule has 30 heavy (non-hydrogen) atoms. The van der Waals surface area contributed by atoms with E-state index >= 15 is 0 Å². The first-order chi connectivity index (χ1) is 14.1. The molecule has 0 radical (unpaired) electrons. The number of ether oxygens (including phenoxy) is 2. The van der Waals surface area contributed by atoms with Gasteiger partial charge in [-0.3, -0.25) is 4.79 Å². The molecule has 0 fully saturated rings. The fourth-order valence-electron chi connectivity index (χ4n) is 2.45. The molecule has 0 saturated carbocycles. The van der Waals surface area contributed by atoms with Gasteiger partial charge < -0.3 is 14.8 Å². The van der Waals surface area contributed by atoms with Gasteiger partial charge >= 0.3 is 11.9 Å². The highest BCUT2D eigenvalue weighted by molar-refractivity contribution is 7.89. The van der Waals surface area contributed by atoms with Crippen LogP contribution in [-0.4, -0.2) is 58.4 Å². The second kappa shape index (κ2) is 9.70. The van der Waals surface area contributed by atoms with Gasteiger partial charge in [0.05, 0.1) is 36.8 Å². The maximum atomic E-state index is 12.6. The average Bonchev–Trinajstić information content (AvgIpc) is 2.72. The normalized spacial score (nSPS) is 11.1. The Kier molecular flexibility index (Phi) is 7.54. The number of sulfonamides is 1. The van der Waals surface area contributed by atoms with E-state index in [1.165, 1.54) is 63.7 Å². The standard InChI is InChI=1S/C19H19ClN2O7S/c1-22(30(26,27)16-6-4-14(20)5-7-16)11-17(23)21-15-9-12(18(24)28-2)8-13(10-15)19(25)29-3/h4-10H,11H2,1-3H3,(H,21,23). The van der Waals surface area contributed by atoms with Gasteiger partial charge in [-0.1, -0.05) is 11.6 Å². The summed E-state index contributed by atoms with van der Waals surface area (Å²) in [4.78, 5) is 36.0. The zero-order valence-corrected chi connectivity index (χ0v) is 17.9. The maximum Gasteiger partial charge on any atom is 0.337 e. The van der Waals surface area contributed by atoms with Crippen LogP contribution >= 0.6 is 11.6 Å². The molecule has 0 heterocycles. The van der Waals surface area contributed by atoms with Crippen LogP contribution < -0.4 is 5.32 Å². The Labute approximate surface area is 178 Å². The lowest BCUT2D eigenvalue weighted by atomic mass is 10.1. The van der Waals surface area contributed by atoms with Crippen LogP contribution in [0.25, 0.3) is 0 Å². The van der Waals surface area contributed by atoms with E-state index in [4.69, 9.17) is 11.6 Å². The predicted octanol–water partition coefficient (Wildman–Crippen LogP) is 2.17. The van der Waals surface area contributed by atoms with Crippen molar-refractivity contribution in [3.8, 4) is 0 Å². The first kappa shape index (κ1) is 23.3. The van der Waals surface area contributed by atoms with Crippen molar-refractivity contribution in [1.82, 2.24) is 4.31 Å². The van der Waals surface area contributed by atoms with Gasteiger partial charge in [0.15, 0.2) is 0 Å². The molecule has 0 bridgehead atoms. The third-order valence-corrected chi connectivity index (χ3v) is 6.02. The number of halogens is 1. The summed E-state index contributed by atoms with van der Waals surface area (Å²) in [5.74, 6) is -2.13. The lowest BCUT2D eigenvalue weighted by molar-refractivity contribution is -0.116. The summed E-state index contributed by atoms with van der Waals surface area (Å²) in [6.45, 7) is -0.513. The molecule has 0 saturated heterocycles. The van der Waals surface area contributed by atoms with Gasteiger partial charge in [0, 0.05) is 17.8 Å². The third kappa shape index (κ3) is 5.56. The molecule has 1 amide bonds. The maximum absolute atomic E-state index is 12.6. The number of hydrogen-bond donors (Lipinski definition) is 1. The molecule has 9 nitrogen and oxygen atoms in total. The summed E-state index contributed by atoms with van der Waals surface area (Å²) in [5.41, 5.74) is 0.122. The topological polar surface area (TPSA) is 119 Å². The van der Waals surface area contributed by atoms with E-state index in [1.54, 1.807) is 0 Å². The van der Waals surface area contributed by atoms with Crippen molar-refractivity contribution in [2.24, 2.45) is 0 Å². The second-order valence-electron chi connectivity index (χ2n) is 6.05. The number of amides is 1. The van der Waals surface area contributed by atoms with Crippen LogP contribution in [0.4, 0.5) is 5.69 Å². The van der Waals surface area contributed by atoms with Crippen molar-refractivity contribution in [2.45, 2.75) is 4.90 Å². The average molecular weight is 455 g/mol. The second-order valence-corrected chi connectivity index (χ2v) is 8.53. The fraction of sp³-hybridized carbons (Fsp3) is 0.211. The van der Waals surface area contributed by atoms with E-state index in [0.717, 1.165) is 4.31 Å². The monoisotopic (exact) mass is 454 g/mol. The lowest BCUT2D eigenvalue weighted by Gasteiger charge is -2.17. The minimum absolute atomic E-state index is 0.0119. The Hall–Kier alpha value is -2.95. The molecule has 0 aliphatic heterocycles. The number of carbonyl (C=O) groups is 3. The van der Waals surface area contributed by atoms with Gasteiger partial charge in [0.2, 0.25) is 15.9 Å². The molecule has 0 aliphatic rings. The number of carbonyl (C=O) groups excluding carboxylic acids is 3. The van der Waals surface area contributed by atoms with Crippen LogP contribution in [0.5, 0.6) is 0 Å². The summed E-state index contributed by atoms with van der Waals surface area (Å²) in [5, 5.41) is 2.84. The van der Waals surface area contributed by atoms with Gasteiger partial charge in [0.25, 0.3) is 0 Å². The van der Waals surface area contributed by atoms with Gasteiger partial charge in [0.1, 0.15) is 0 Å². The highest BCUT2D eigenvalue weighted by Gasteiger charge is 2.23. The van der Waals surface area contributed by atoms with Crippen molar-refractivity contribution in [3.63, 3.8) is 0 Å². The SMILES string of the molecule is COC(=O)c1cc(NC(=O)CN(C)S(=O)(=O)c2ccc(Cl)cc2)cc(C(=O)OC)c1. The van der Waals surface area contributed by atoms with Crippen LogP contribution in [0.3, 0.4) is 0 Å². The molecule has 2 aromatic rings. The van der Waals surface area contributed by atoms with Crippen LogP contribution in [0, 0.1) is 0 Å². The van der Waals surface area contributed by atoms with E-state index in [1.807, 2.05) is 0 Å². The van der Waals surface area contributed by atoms with Gasteiger partial charge in [-0.05, 0) is 42.5 Å². The number of likely N-dealkylation sites (N-methyl/N-ethyl adjacent to an activating group) is 1. The van der Waals surface area contributed by atoms with E-state index in [9.17, 15) is 22.8 Å². The van der Waals surface area contributed by atoms with Crippen LogP contribution in [0.1, 0.15) is 20.7 Å². The lowest BCUT2D eigenvalue weighted by Crippen LogP contribution is -2.35. The molecule has 0 spiro atoms. The fourth-order valence-corrected chi connectivity index (χ4v) is 3.70. The first-order valence-corrected chi connectivity index (χ1v) is 10.2. The highest BCUT2D eigenvalue weighted by Crippen LogP contribution is 2.19. The summed E-state index contributed by atoms with van der Waals surface area (Å²) < 4.78 is 35.3. The molecule has 0 aliphatic carbocycles. The molecule has 0 aromatic heterocycles. The third-order valence-electron chi connectivity index (χ3n) is 3.95. The largest absolute Gasteiger partial charge is 0.465 e. The number of esters is 2. The van der Waals surface area contributed by atoms with Crippen molar-refractivity contribution >= 4 is 45.2 Å². The Balaban J connectivity index is 2.21. The quantitative estimate of drug-likeness (QED) is 0.636. The van der Waals surface area contributed by atoms with Gasteiger partial charge in [-0.2, -0.15) is 4.31 Å². The van der Waals surface area contributed by atoms with Crippen molar-refractivity contribution in [1.29, 1.82) is 0 Å². The summed E-state index contributed by atoms with van der Waals surface area (Å²) >= 11 is 5.77. The zero-order valence-electron chi connectivity index (χ0n) is 16.3. The van der Waals surface area contributed by atoms with E-state index in [0.29, 0.717) is 5.02 Å².